The van der Waals surface area contributed by atoms with Crippen LogP contribution in [-0.2, 0) is 10.3 Å². The van der Waals surface area contributed by atoms with E-state index in [9.17, 15) is 23.1 Å². The molecule has 1 aliphatic carbocycles. The van der Waals surface area contributed by atoms with Gasteiger partial charge in [0.15, 0.2) is 0 Å². The number of hydrogen-bond acceptors (Lipinski definition) is 3. The Bertz CT molecular complexity index is 719. The number of alkyl halides is 3. The number of hydrogen-bond donors (Lipinski definition) is 2. The Morgan fingerprint density at radius 3 is 2.68 bits per heavy atom. The van der Waals surface area contributed by atoms with Gasteiger partial charge in [0, 0.05) is 22.6 Å². The van der Waals surface area contributed by atoms with Gasteiger partial charge in [0.25, 0.3) is 5.60 Å². The van der Waals surface area contributed by atoms with E-state index in [1.54, 1.807) is 0 Å². The lowest BCUT2D eigenvalue weighted by Crippen LogP contribution is -2.49. The molecule has 1 saturated carbocycles. The third-order valence-electron chi connectivity index (χ3n) is 3.36. The van der Waals surface area contributed by atoms with Crippen molar-refractivity contribution >= 4 is 23.4 Å². The van der Waals surface area contributed by atoms with Crippen LogP contribution < -0.4 is 5.32 Å². The first-order valence-electron chi connectivity index (χ1n) is 6.35. The minimum atomic E-state index is -4.99. The summed E-state index contributed by atoms with van der Waals surface area (Å²) < 4.78 is 45.5. The summed E-state index contributed by atoms with van der Waals surface area (Å²) in [5.41, 5.74) is -4.07. The molecule has 0 saturated heterocycles. The molecular weight excluding hydrogens is 323 g/mol. The molecule has 0 unspecified atom stereocenters. The number of aromatic hydroxyl groups is 1. The van der Waals surface area contributed by atoms with Crippen LogP contribution in [0.4, 0.5) is 23.7 Å². The first kappa shape index (κ1) is 14.9. The molecule has 4 nitrogen and oxygen atoms in total. The molecule has 8 heteroatoms. The van der Waals surface area contributed by atoms with Crippen LogP contribution in [0.2, 0.25) is 5.02 Å². The maximum Gasteiger partial charge on any atom is 0.445 e. The van der Waals surface area contributed by atoms with E-state index in [0.29, 0.717) is 12.8 Å². The lowest BCUT2D eigenvalue weighted by atomic mass is 9.90. The van der Waals surface area contributed by atoms with Crippen LogP contribution >= 0.6 is 11.6 Å². The number of rotatable bonds is 0. The van der Waals surface area contributed by atoms with Crippen molar-refractivity contribution in [3.63, 3.8) is 0 Å². The summed E-state index contributed by atoms with van der Waals surface area (Å²) in [5.74, 6) is 3.81. The highest BCUT2D eigenvalue weighted by Crippen LogP contribution is 2.50. The molecule has 0 radical (unpaired) electrons. The number of ether oxygens (including phenoxy) is 1. The van der Waals surface area contributed by atoms with Gasteiger partial charge in [0.2, 0.25) is 0 Å². The van der Waals surface area contributed by atoms with Gasteiger partial charge in [-0.3, -0.25) is 5.32 Å². The molecule has 2 aliphatic rings. The van der Waals surface area contributed by atoms with Gasteiger partial charge >= 0.3 is 12.3 Å². The van der Waals surface area contributed by atoms with E-state index in [1.807, 2.05) is 5.32 Å². The Labute approximate surface area is 128 Å². The minimum absolute atomic E-state index is 0.127. The van der Waals surface area contributed by atoms with Gasteiger partial charge in [-0.15, -0.1) is 0 Å². The van der Waals surface area contributed by atoms with Crippen LogP contribution in [0.15, 0.2) is 12.1 Å². The van der Waals surface area contributed by atoms with Crippen molar-refractivity contribution in [2.75, 3.05) is 5.32 Å². The molecule has 1 aromatic rings. The van der Waals surface area contributed by atoms with Gasteiger partial charge in [0.1, 0.15) is 5.75 Å². The molecule has 1 aromatic carbocycles. The van der Waals surface area contributed by atoms with Gasteiger partial charge < -0.3 is 9.84 Å². The number of cyclic esters (lactones) is 1. The zero-order valence-electron chi connectivity index (χ0n) is 10.9. The Kier molecular flexibility index (Phi) is 3.18. The van der Waals surface area contributed by atoms with Gasteiger partial charge in [-0.2, -0.15) is 13.2 Å². The summed E-state index contributed by atoms with van der Waals surface area (Å²) in [6.07, 6.45) is -4.91. The molecule has 22 heavy (non-hydrogen) atoms. The van der Waals surface area contributed by atoms with E-state index >= 15 is 0 Å². The summed E-state index contributed by atoms with van der Waals surface area (Å²) in [6, 6.07) is 2.01. The number of nitrogens with one attached hydrogen (secondary N) is 1. The SMILES string of the molecule is O=C1Nc2c(O)cc(Cl)cc2[C@@](C#CC2CC2)(C(F)(F)F)O1. The molecule has 1 atom stereocenters. The topological polar surface area (TPSA) is 58.6 Å². The Morgan fingerprint density at radius 2 is 2.09 bits per heavy atom. The van der Waals surface area contributed by atoms with E-state index < -0.39 is 34.9 Å². The molecule has 0 spiro atoms. The second-order valence-corrected chi connectivity index (χ2v) is 5.52. The lowest BCUT2D eigenvalue weighted by Gasteiger charge is -2.36. The summed E-state index contributed by atoms with van der Waals surface area (Å²) in [4.78, 5) is 11.5. The average molecular weight is 332 g/mol. The van der Waals surface area contributed by atoms with Crippen molar-refractivity contribution in [2.45, 2.75) is 24.6 Å². The number of fused-ring (bicyclic) bond motifs is 1. The quantitative estimate of drug-likeness (QED) is 0.562. The van der Waals surface area contributed by atoms with Gasteiger partial charge in [-0.05, 0) is 24.8 Å². The number of phenols is 1. The Morgan fingerprint density at radius 1 is 1.41 bits per heavy atom. The average Bonchev–Trinajstić information content (AvgIpc) is 3.20. The second kappa shape index (κ2) is 4.71. The first-order valence-corrected chi connectivity index (χ1v) is 6.73. The van der Waals surface area contributed by atoms with Crippen molar-refractivity contribution < 1.29 is 27.8 Å². The number of anilines is 1. The van der Waals surface area contributed by atoms with Crippen LogP contribution in [0.25, 0.3) is 0 Å². The summed E-state index contributed by atoms with van der Waals surface area (Å²) in [7, 11) is 0. The van der Waals surface area contributed by atoms with Crippen LogP contribution in [0.1, 0.15) is 18.4 Å². The number of phenolic OH excluding ortho intramolecular Hbond substituents is 1. The monoisotopic (exact) mass is 331 g/mol. The highest BCUT2D eigenvalue weighted by atomic mass is 35.5. The minimum Gasteiger partial charge on any atom is -0.506 e. The molecule has 116 valence electrons. The number of halogens is 4. The number of amides is 1. The molecule has 0 aromatic heterocycles. The molecular formula is C14H9ClF3NO3. The summed E-state index contributed by atoms with van der Waals surface area (Å²) in [5, 5.41) is 11.7. The molecule has 3 rings (SSSR count). The Hall–Kier alpha value is -2.07. The third-order valence-corrected chi connectivity index (χ3v) is 3.58. The Balaban J connectivity index is 2.27. The summed E-state index contributed by atoms with van der Waals surface area (Å²) in [6.45, 7) is 0. The molecule has 1 heterocycles. The predicted octanol–water partition coefficient (Wildman–Crippen LogP) is 3.78. The normalized spacial score (nSPS) is 23.7. The predicted molar refractivity (Wildman–Crippen MR) is 71.5 cm³/mol. The van der Waals surface area contributed by atoms with Crippen molar-refractivity contribution in [2.24, 2.45) is 5.92 Å². The summed E-state index contributed by atoms with van der Waals surface area (Å²) >= 11 is 5.73. The van der Waals surface area contributed by atoms with Gasteiger partial charge in [-0.1, -0.05) is 17.5 Å². The van der Waals surface area contributed by atoms with Crippen molar-refractivity contribution in [3.05, 3.63) is 22.7 Å². The van der Waals surface area contributed by atoms with Crippen molar-refractivity contribution in [1.29, 1.82) is 0 Å². The first-order chi connectivity index (χ1) is 10.2. The highest BCUT2D eigenvalue weighted by molar-refractivity contribution is 6.31. The van der Waals surface area contributed by atoms with E-state index in [0.717, 1.165) is 12.1 Å². The van der Waals surface area contributed by atoms with E-state index in [1.165, 1.54) is 0 Å². The van der Waals surface area contributed by atoms with Gasteiger partial charge in [0.05, 0.1) is 5.69 Å². The standard InChI is InChI=1S/C14H9ClF3NO3/c15-8-5-9-11(10(20)6-8)19-12(21)22-13(9,14(16,17)18)4-3-7-1-2-7/h5-7,20H,1-2H2,(H,19,21)/t13-/m0/s1. The molecule has 2 N–H and O–H groups in total. The number of carbonyl (C=O) groups is 1. The fourth-order valence-electron chi connectivity index (χ4n) is 2.13. The maximum atomic E-state index is 13.7. The van der Waals surface area contributed by atoms with Crippen molar-refractivity contribution in [1.82, 2.24) is 0 Å². The lowest BCUT2D eigenvalue weighted by molar-refractivity contribution is -0.239. The number of benzene rings is 1. The third kappa shape index (κ3) is 2.33. The van der Waals surface area contributed by atoms with Crippen LogP contribution in [0, 0.1) is 17.8 Å². The molecule has 1 amide bonds. The highest BCUT2D eigenvalue weighted by Gasteiger charge is 2.62. The molecule has 1 aliphatic heterocycles. The molecule has 1 fully saturated rings. The number of carbonyl (C=O) groups excluding carboxylic acids is 1. The maximum absolute atomic E-state index is 13.7. The van der Waals surface area contributed by atoms with E-state index in [-0.39, 0.29) is 10.9 Å². The fourth-order valence-corrected chi connectivity index (χ4v) is 2.34. The van der Waals surface area contributed by atoms with E-state index in [2.05, 4.69) is 16.6 Å². The van der Waals surface area contributed by atoms with E-state index in [4.69, 9.17) is 11.6 Å². The molecule has 0 bridgehead atoms. The largest absolute Gasteiger partial charge is 0.506 e. The van der Waals surface area contributed by atoms with Gasteiger partial charge in [-0.25, -0.2) is 4.79 Å². The smallest absolute Gasteiger partial charge is 0.445 e. The fraction of sp³-hybridized carbons (Fsp3) is 0.357. The zero-order valence-corrected chi connectivity index (χ0v) is 11.7. The van der Waals surface area contributed by atoms with Crippen molar-refractivity contribution in [3.8, 4) is 17.6 Å². The van der Waals surface area contributed by atoms with Crippen LogP contribution in [-0.4, -0.2) is 17.4 Å². The zero-order chi connectivity index (χ0) is 16.1. The van der Waals surface area contributed by atoms with Crippen LogP contribution in [0.3, 0.4) is 0 Å². The van der Waals surface area contributed by atoms with Crippen LogP contribution in [0.5, 0.6) is 5.75 Å². The second-order valence-electron chi connectivity index (χ2n) is 5.08.